The Balaban J connectivity index is 2.26. The molecule has 1 saturated heterocycles. The van der Waals surface area contributed by atoms with Crippen molar-refractivity contribution < 1.29 is 9.63 Å². The topological polar surface area (TPSA) is 32.6 Å². The van der Waals surface area contributed by atoms with Gasteiger partial charge in [0.25, 0.3) is 0 Å². The first kappa shape index (κ1) is 3.46. The Labute approximate surface area is 35.5 Å². The fourth-order valence-corrected chi connectivity index (χ4v) is 0.268. The van der Waals surface area contributed by atoms with Crippen LogP contribution in [0, 0.1) is 0 Å². The first-order valence-corrected chi connectivity index (χ1v) is 1.84. The van der Waals surface area contributed by atoms with Gasteiger partial charge in [0, 0.05) is 0 Å². The summed E-state index contributed by atoms with van der Waals surface area (Å²) in [6.45, 7) is 2.52. The highest BCUT2D eigenvalue weighted by molar-refractivity contribution is 5.76. The zero-order valence-corrected chi connectivity index (χ0v) is 3.47. The quantitative estimate of drug-likeness (QED) is 0.433. The van der Waals surface area contributed by atoms with E-state index in [1.165, 1.54) is 5.06 Å². The van der Waals surface area contributed by atoms with Crippen LogP contribution in [0.3, 0.4) is 0 Å². The van der Waals surface area contributed by atoms with E-state index in [1.54, 1.807) is 0 Å². The highest BCUT2D eigenvalue weighted by atomic mass is 16.9. The van der Waals surface area contributed by atoms with Crippen molar-refractivity contribution in [3.05, 3.63) is 0 Å². The van der Waals surface area contributed by atoms with Crippen LogP contribution < -0.4 is 0 Å². The van der Waals surface area contributed by atoms with Crippen molar-refractivity contribution >= 4 is 6.09 Å². The lowest BCUT2D eigenvalue weighted by molar-refractivity contribution is 0.207. The number of hydrogen-bond donors (Lipinski definition) is 0. The maximum atomic E-state index is 9.82. The molecule has 0 aromatic carbocycles. The van der Waals surface area contributed by atoms with E-state index in [4.69, 9.17) is 0 Å². The van der Waals surface area contributed by atoms with Crippen LogP contribution in [0.5, 0.6) is 0 Å². The molecule has 1 aliphatic heterocycles. The fourth-order valence-electron chi connectivity index (χ4n) is 0.268. The number of amides is 1. The van der Waals surface area contributed by atoms with E-state index in [1.807, 2.05) is 6.92 Å². The van der Waals surface area contributed by atoms with Gasteiger partial charge in [-0.1, -0.05) is 0 Å². The van der Waals surface area contributed by atoms with Crippen molar-refractivity contribution in [3.63, 3.8) is 0 Å². The number of carbonyl (C=O) groups excluding carboxylic acids is 1. The van der Waals surface area contributed by atoms with Gasteiger partial charge in [-0.2, -0.15) is 0 Å². The molecule has 3 heteroatoms. The first-order valence-electron chi connectivity index (χ1n) is 1.84. The van der Waals surface area contributed by atoms with E-state index in [0.717, 1.165) is 0 Å². The molecule has 0 saturated carbocycles. The lowest BCUT2D eigenvalue weighted by Gasteiger charge is -1.74. The molecule has 0 aromatic rings. The highest BCUT2D eigenvalue weighted by Gasteiger charge is 2.31. The molecule has 0 spiro atoms. The average Bonchev–Trinajstić information content (AvgIpc) is 2.19. The van der Waals surface area contributed by atoms with Gasteiger partial charge in [-0.05, 0) is 6.92 Å². The van der Waals surface area contributed by atoms with Crippen LogP contribution in [0.15, 0.2) is 0 Å². The maximum absolute atomic E-state index is 9.82. The minimum Gasteiger partial charge on any atom is -0.314 e. The van der Waals surface area contributed by atoms with Crippen LogP contribution in [0.4, 0.5) is 4.79 Å². The molecule has 0 unspecified atom stereocenters. The van der Waals surface area contributed by atoms with Crippen molar-refractivity contribution in [3.8, 4) is 0 Å². The molecule has 0 atom stereocenters. The van der Waals surface area contributed by atoms with Gasteiger partial charge in [0.1, 0.15) is 0 Å². The Morgan fingerprint density at radius 3 is 2.50 bits per heavy atom. The second-order valence-electron chi connectivity index (χ2n) is 1.05. The summed E-state index contributed by atoms with van der Waals surface area (Å²) in [6.07, 6.45) is -0.211. The van der Waals surface area contributed by atoms with Crippen LogP contribution in [0.2, 0.25) is 0 Å². The molecule has 0 radical (unpaired) electrons. The second kappa shape index (κ2) is 0.864. The molecule has 0 N–H and O–H groups in total. The Bertz CT molecular complexity index is 80.9. The number of hydrogen-bond acceptors (Lipinski definition) is 2. The third-order valence-corrected chi connectivity index (χ3v) is 0.647. The van der Waals surface area contributed by atoms with E-state index in [0.29, 0.717) is 6.54 Å². The smallest absolute Gasteiger partial charge is 0.314 e. The third kappa shape index (κ3) is 0.319. The average molecular weight is 87.1 g/mol. The van der Waals surface area contributed by atoms with Gasteiger partial charge in [-0.25, -0.2) is 4.79 Å². The molecule has 34 valence electrons. The van der Waals surface area contributed by atoms with Crippen molar-refractivity contribution in [1.82, 2.24) is 5.06 Å². The molecule has 6 heavy (non-hydrogen) atoms. The Morgan fingerprint density at radius 2 is 2.50 bits per heavy atom. The fraction of sp³-hybridized carbons (Fsp3) is 0.667. The largest absolute Gasteiger partial charge is 0.468 e. The first-order chi connectivity index (χ1) is 2.84. The van der Waals surface area contributed by atoms with Crippen molar-refractivity contribution in [2.24, 2.45) is 0 Å². The predicted molar refractivity (Wildman–Crippen MR) is 18.9 cm³/mol. The van der Waals surface area contributed by atoms with Crippen LogP contribution in [0.1, 0.15) is 6.92 Å². The maximum Gasteiger partial charge on any atom is 0.468 e. The van der Waals surface area contributed by atoms with Gasteiger partial charge in [-0.3, -0.25) is 0 Å². The van der Waals surface area contributed by atoms with Crippen LogP contribution >= 0.6 is 0 Å². The molecule has 1 fully saturated rings. The van der Waals surface area contributed by atoms with E-state index in [9.17, 15) is 4.79 Å². The summed E-state index contributed by atoms with van der Waals surface area (Å²) in [4.78, 5) is 14.1. The summed E-state index contributed by atoms with van der Waals surface area (Å²) in [6, 6.07) is 0. The zero-order valence-electron chi connectivity index (χ0n) is 3.47. The number of rotatable bonds is 1. The minimum atomic E-state index is -0.211. The molecule has 0 bridgehead atoms. The van der Waals surface area contributed by atoms with E-state index < -0.39 is 0 Å². The lowest BCUT2D eigenvalue weighted by Crippen LogP contribution is -1.91. The molecule has 1 heterocycles. The number of carbonyl (C=O) groups is 1. The van der Waals surface area contributed by atoms with Gasteiger partial charge < -0.3 is 4.84 Å². The molecule has 1 aliphatic rings. The standard InChI is InChI=1S/C3H5NO2/c1-2-4-3(5)6-4/h2H2,1H3. The van der Waals surface area contributed by atoms with Crippen molar-refractivity contribution in [1.29, 1.82) is 0 Å². The van der Waals surface area contributed by atoms with Crippen molar-refractivity contribution in [2.75, 3.05) is 6.54 Å². The number of hydroxylamine groups is 2. The summed E-state index contributed by atoms with van der Waals surface area (Å²) in [5.41, 5.74) is 0. The summed E-state index contributed by atoms with van der Waals surface area (Å²) in [5.74, 6) is 0. The molecular weight excluding hydrogens is 82.0 g/mol. The Morgan fingerprint density at radius 1 is 2.00 bits per heavy atom. The lowest BCUT2D eigenvalue weighted by atomic mass is 10.8. The SMILES string of the molecule is CCN1OC1=O. The molecular formula is C3H5NO2. The van der Waals surface area contributed by atoms with Crippen LogP contribution in [-0.4, -0.2) is 17.7 Å². The van der Waals surface area contributed by atoms with E-state index in [-0.39, 0.29) is 6.09 Å². The summed E-state index contributed by atoms with van der Waals surface area (Å²) >= 11 is 0. The van der Waals surface area contributed by atoms with Gasteiger partial charge >= 0.3 is 6.09 Å². The summed E-state index contributed by atoms with van der Waals surface area (Å²) < 4.78 is 0. The normalized spacial score (nSPS) is 17.5. The minimum absolute atomic E-state index is 0.211. The van der Waals surface area contributed by atoms with Gasteiger partial charge in [0.05, 0.1) is 6.54 Å². The monoisotopic (exact) mass is 87.0 g/mol. The van der Waals surface area contributed by atoms with E-state index in [2.05, 4.69) is 4.84 Å². The molecule has 0 aromatic heterocycles. The van der Waals surface area contributed by atoms with Gasteiger partial charge in [0.15, 0.2) is 0 Å². The zero-order chi connectivity index (χ0) is 4.57. The summed E-state index contributed by atoms with van der Waals surface area (Å²) in [7, 11) is 0. The van der Waals surface area contributed by atoms with E-state index >= 15 is 0 Å². The number of nitrogens with zero attached hydrogens (tertiary/aromatic N) is 1. The predicted octanol–water partition coefficient (Wildman–Crippen LogP) is 0.373. The Hall–Kier alpha value is -0.730. The van der Waals surface area contributed by atoms with Crippen LogP contribution in [0.25, 0.3) is 0 Å². The van der Waals surface area contributed by atoms with Gasteiger partial charge in [-0.15, -0.1) is 5.06 Å². The molecule has 0 aliphatic carbocycles. The Kier molecular flexibility index (Phi) is 0.498. The third-order valence-electron chi connectivity index (χ3n) is 0.647. The molecule has 1 rings (SSSR count). The molecule has 1 amide bonds. The highest BCUT2D eigenvalue weighted by Crippen LogP contribution is 2.08. The van der Waals surface area contributed by atoms with Gasteiger partial charge in [0.2, 0.25) is 0 Å². The van der Waals surface area contributed by atoms with Crippen LogP contribution in [-0.2, 0) is 4.84 Å². The van der Waals surface area contributed by atoms with Crippen molar-refractivity contribution in [2.45, 2.75) is 6.92 Å². The summed E-state index contributed by atoms with van der Waals surface area (Å²) in [5, 5.41) is 1.28. The second-order valence-corrected chi connectivity index (χ2v) is 1.05. The molecule has 3 nitrogen and oxygen atoms in total.